The molecule has 0 saturated carbocycles. The molecule has 5 fully saturated rings. The number of hydrogen-bond acceptors (Lipinski definition) is 18. The molecular weight excluding hydrogens is 632 g/mol. The summed E-state index contributed by atoms with van der Waals surface area (Å²) in [5, 5.41) is 19.0. The maximum atomic E-state index is 12.9. The number of rotatable bonds is 14. The van der Waals surface area contributed by atoms with E-state index in [4.69, 9.17) is 21.8 Å². The molecule has 0 radical (unpaired) electrons. The Morgan fingerprint density at radius 1 is 0.978 bits per heavy atom. The molecule has 1 spiro atoms. The van der Waals surface area contributed by atoms with Gasteiger partial charge in [0, 0.05) is 6.42 Å². The molecule has 12 N–H and O–H groups in total. The van der Waals surface area contributed by atoms with Crippen LogP contribution in [-0.4, -0.2) is 124 Å². The number of hydrogen-bond donors (Lipinski definition) is 10. The van der Waals surface area contributed by atoms with Crippen LogP contribution in [0.4, 0.5) is 0 Å². The Bertz CT molecular complexity index is 1110. The summed E-state index contributed by atoms with van der Waals surface area (Å²) in [6, 6.07) is 0. The van der Waals surface area contributed by atoms with Crippen molar-refractivity contribution in [2.24, 2.45) is 17.4 Å². The maximum Gasteiger partial charge on any atom is 0.323 e. The van der Waals surface area contributed by atoms with Gasteiger partial charge in [-0.15, -0.1) is 23.5 Å². The number of ether oxygens (including phenoxy) is 4. The minimum absolute atomic E-state index is 0.0110. The number of quaternary nitrogens is 2. The minimum Gasteiger partial charge on any atom is -0.647 e. The summed E-state index contributed by atoms with van der Waals surface area (Å²) < 4.78 is 36.0. The fourth-order valence-corrected chi connectivity index (χ4v) is 8.17. The second kappa shape index (κ2) is 15.8. The van der Waals surface area contributed by atoms with E-state index in [2.05, 4.69) is 43.4 Å². The highest BCUT2D eigenvalue weighted by atomic mass is 32.2. The predicted molar refractivity (Wildman–Crippen MR) is 161 cm³/mol. The van der Waals surface area contributed by atoms with Gasteiger partial charge in [0.05, 0.1) is 32.5 Å². The Kier molecular flexibility index (Phi) is 11.2. The van der Waals surface area contributed by atoms with Gasteiger partial charge in [-0.3, -0.25) is 25.0 Å². The Morgan fingerprint density at radius 3 is 2.51 bits per heavy atom. The van der Waals surface area contributed by atoms with Gasteiger partial charge in [-0.1, -0.05) is 6.47 Å². The number of thioether (sulfide) groups is 2. The van der Waals surface area contributed by atoms with Crippen molar-refractivity contribution in [1.29, 1.82) is 0 Å². The number of methoxy groups -OCH3 is 1. The van der Waals surface area contributed by atoms with Crippen LogP contribution in [0.1, 0.15) is 25.7 Å². The molecule has 18 nitrogen and oxygen atoms in total. The summed E-state index contributed by atoms with van der Waals surface area (Å²) in [4.78, 5) is 49.5. The molecule has 0 bridgehead atoms. The van der Waals surface area contributed by atoms with Crippen molar-refractivity contribution in [3.63, 3.8) is 0 Å². The first-order valence-corrected chi connectivity index (χ1v) is 17.1. The zero-order valence-electron chi connectivity index (χ0n) is 27.0. The molecule has 11 atom stereocenters. The summed E-state index contributed by atoms with van der Waals surface area (Å²) in [6.45, 7) is 4.10. The smallest absolute Gasteiger partial charge is 0.323 e. The standard InChI is InChI=1S/C25H43N10O8S2/c1-40-18(38)14-4-2-6-34(10-14)22-28-20(26)30-24(31-22)44-12-16(37)41-8-9-42-19(39)17-25(45-17)32-21(27)29-23(33-25)35-7-3-5-15(11-35)43-13-36/h14-15,17,20-24,28-33H,2-12,26-27H2,1H3/q-1/p+2/i/hD2. The van der Waals surface area contributed by atoms with Crippen LogP contribution in [0.3, 0.4) is 0 Å². The Balaban J connectivity index is 1.01. The van der Waals surface area contributed by atoms with Gasteiger partial charge in [-0.2, -0.15) is 0 Å². The van der Waals surface area contributed by atoms with Gasteiger partial charge < -0.3 is 45.0 Å². The highest BCUT2D eigenvalue weighted by molar-refractivity contribution is 8.09. The highest BCUT2D eigenvalue weighted by Crippen LogP contribution is 2.50. The number of nitrogens with two attached hydrogens (primary N) is 2. The fraction of sp³-hybridized carbons (Fsp3) is 0.840. The summed E-state index contributed by atoms with van der Waals surface area (Å²) in [6.07, 6.45) is 1.29. The van der Waals surface area contributed by atoms with E-state index in [0.29, 0.717) is 13.1 Å². The summed E-state index contributed by atoms with van der Waals surface area (Å²) in [5.41, 5.74) is 4.44. The van der Waals surface area contributed by atoms with Crippen LogP contribution in [0.15, 0.2) is 0 Å². The molecular formula is C25H45N10O8S2+. The van der Waals surface area contributed by atoms with Crippen LogP contribution in [0.2, 0.25) is 2.82 Å². The number of carbonyl (C=O) groups excluding carboxylic acids is 4. The van der Waals surface area contributed by atoms with Crippen LogP contribution in [0.25, 0.3) is 0 Å². The number of nitrogens with one attached hydrogen (secondary N) is 8. The van der Waals surface area contributed by atoms with Gasteiger partial charge in [-0.25, -0.2) is 21.3 Å². The Labute approximate surface area is 272 Å². The average Bonchev–Trinajstić information content (AvgIpc) is 3.80. The lowest BCUT2D eigenvalue weighted by Crippen LogP contribution is -3.22. The average molecular weight is 680 g/mol. The van der Waals surface area contributed by atoms with Crippen LogP contribution >= 0.6 is 23.5 Å². The van der Waals surface area contributed by atoms with Crippen molar-refractivity contribution in [3.8, 4) is 0 Å². The molecule has 11 unspecified atom stereocenters. The number of carbonyl (C=O) groups is 3. The van der Waals surface area contributed by atoms with E-state index in [0.717, 1.165) is 48.6 Å². The molecule has 5 aliphatic rings. The zero-order chi connectivity index (χ0) is 33.4. The van der Waals surface area contributed by atoms with E-state index < -0.39 is 34.8 Å². The summed E-state index contributed by atoms with van der Waals surface area (Å²) in [7, 11) is 1.39. The second-order valence-corrected chi connectivity index (χ2v) is 14.0. The predicted octanol–water partition coefficient (Wildman–Crippen LogP) is -6.93. The van der Waals surface area contributed by atoms with Crippen molar-refractivity contribution >= 4 is 47.9 Å². The van der Waals surface area contributed by atoms with Gasteiger partial charge in [0.1, 0.15) is 62.9 Å². The molecule has 5 rings (SSSR count). The lowest BCUT2D eigenvalue weighted by Gasteiger charge is -2.42. The minimum atomic E-state index is -0.842. The molecule has 0 aromatic heterocycles. The van der Waals surface area contributed by atoms with Gasteiger partial charge in [0.15, 0.2) is 0 Å². The number of likely N-dealkylation sites (tertiary alicyclic amines) is 2. The van der Waals surface area contributed by atoms with Gasteiger partial charge >= 0.3 is 17.9 Å². The molecule has 0 aromatic rings. The summed E-state index contributed by atoms with van der Waals surface area (Å²) >= 11 is 2.59. The van der Waals surface area contributed by atoms with Gasteiger partial charge in [0.25, 0.3) is 0 Å². The van der Waals surface area contributed by atoms with Crippen molar-refractivity contribution in [1.82, 2.24) is 31.9 Å². The number of esters is 3. The first-order chi connectivity index (χ1) is 22.8. The van der Waals surface area contributed by atoms with Crippen LogP contribution in [0, 0.1) is 5.92 Å². The highest BCUT2D eigenvalue weighted by Gasteiger charge is 2.65. The third-order valence-corrected chi connectivity index (χ3v) is 10.8. The quantitative estimate of drug-likeness (QED) is 0.0270. The van der Waals surface area contributed by atoms with Gasteiger partial charge in [-0.05, 0) is 19.3 Å². The first kappa shape index (κ1) is 31.8. The van der Waals surface area contributed by atoms with E-state index in [1.165, 1.54) is 37.1 Å². The second-order valence-electron chi connectivity index (χ2n) is 11.6. The van der Waals surface area contributed by atoms with Crippen molar-refractivity contribution in [3.05, 3.63) is 0 Å². The topological polar surface area (TPSA) is 238 Å². The molecule has 5 heterocycles. The van der Waals surface area contributed by atoms with E-state index in [9.17, 15) is 19.2 Å². The van der Waals surface area contributed by atoms with Crippen LogP contribution in [-0.2, 0) is 38.1 Å². The first-order valence-electron chi connectivity index (χ1n) is 16.1. The molecule has 0 aromatic carbocycles. The van der Waals surface area contributed by atoms with E-state index in [1.54, 1.807) is 0 Å². The lowest BCUT2D eigenvalue weighted by atomic mass is 9.98. The van der Waals surface area contributed by atoms with Crippen LogP contribution in [0.5, 0.6) is 0 Å². The van der Waals surface area contributed by atoms with Crippen molar-refractivity contribution < 1.29 is 50.7 Å². The lowest BCUT2D eigenvalue weighted by molar-refractivity contribution is -0.941. The van der Waals surface area contributed by atoms with E-state index >= 15 is 0 Å². The normalized spacial score (nSPS) is 40.4. The van der Waals surface area contributed by atoms with Crippen molar-refractivity contribution in [2.75, 3.05) is 52.3 Å². The Morgan fingerprint density at radius 2 is 1.73 bits per heavy atom. The molecule has 20 heteroatoms. The molecule has 0 amide bonds. The third-order valence-electron chi connectivity index (χ3n) is 8.45. The zero-order valence-corrected chi connectivity index (χ0v) is 26.6. The monoisotopic (exact) mass is 679 g/mol. The Hall–Kier alpha value is -1.82. The molecule has 0 aliphatic carbocycles. The molecule has 254 valence electrons. The van der Waals surface area contributed by atoms with E-state index in [1.807, 2.05) is 0 Å². The fourth-order valence-electron chi connectivity index (χ4n) is 6.25. The largest absolute Gasteiger partial charge is 0.647 e. The van der Waals surface area contributed by atoms with E-state index in [-0.39, 0.29) is 55.0 Å². The molecule has 5 saturated heterocycles. The maximum absolute atomic E-state index is 12.9. The molecule has 5 aliphatic heterocycles. The number of piperidine rings is 2. The molecule has 45 heavy (non-hydrogen) atoms. The summed E-state index contributed by atoms with van der Waals surface area (Å²) in [5.74, 6) is -1.37. The van der Waals surface area contributed by atoms with Crippen molar-refractivity contribution in [2.45, 2.75) is 72.7 Å². The van der Waals surface area contributed by atoms with Crippen LogP contribution < -0.4 is 53.2 Å². The van der Waals surface area contributed by atoms with Gasteiger partial charge in [0.2, 0.25) is 12.6 Å². The third kappa shape index (κ3) is 9.17. The SMILES string of the molecule is [2H]NC1NC(SCC(=O)OCCOC(=O)C2SC23NC(N[2H])NC([NH+]2CCCC(O[C-]=O)C2)N3)NC([NH+]2CCCC(C(=O)OC)C2)N1.